The maximum atomic E-state index is 14.2. The van der Waals surface area contributed by atoms with Crippen LogP contribution in [-0.2, 0) is 24.7 Å². The van der Waals surface area contributed by atoms with Crippen LogP contribution in [0.2, 0.25) is 0 Å². The van der Waals surface area contributed by atoms with Crippen molar-refractivity contribution in [3.63, 3.8) is 0 Å². The highest BCUT2D eigenvalue weighted by atomic mass is 19.1. The van der Waals surface area contributed by atoms with Crippen molar-refractivity contribution in [2.75, 3.05) is 27.4 Å². The molecule has 0 radical (unpaired) electrons. The molecule has 0 saturated heterocycles. The van der Waals surface area contributed by atoms with Crippen molar-refractivity contribution in [1.82, 2.24) is 15.3 Å². The number of fused-ring (bicyclic) bond motifs is 1. The van der Waals surface area contributed by atoms with Gasteiger partial charge in [0.25, 0.3) is 5.91 Å². The van der Waals surface area contributed by atoms with E-state index in [4.69, 9.17) is 19.9 Å². The molecule has 0 aliphatic carbocycles. The molecule has 0 saturated carbocycles. The van der Waals surface area contributed by atoms with Gasteiger partial charge in [0.05, 0.1) is 32.0 Å². The van der Waals surface area contributed by atoms with E-state index in [9.17, 15) is 19.1 Å². The molecule has 5 N–H and O–H groups in total. The maximum Gasteiger partial charge on any atom is 0.255 e. The van der Waals surface area contributed by atoms with Crippen molar-refractivity contribution in [2.24, 2.45) is 5.73 Å². The van der Waals surface area contributed by atoms with Crippen LogP contribution in [0.3, 0.4) is 0 Å². The second kappa shape index (κ2) is 12.3. The summed E-state index contributed by atoms with van der Waals surface area (Å²) in [6.45, 7) is 6.18. The Morgan fingerprint density at radius 2 is 2.00 bits per heavy atom. The number of hydrogen-bond donors (Lipinski definition) is 4. The zero-order valence-electron chi connectivity index (χ0n) is 22.1. The van der Waals surface area contributed by atoms with Gasteiger partial charge in [-0.3, -0.25) is 9.59 Å². The van der Waals surface area contributed by atoms with E-state index in [-0.39, 0.29) is 35.9 Å². The van der Waals surface area contributed by atoms with Crippen LogP contribution in [0.1, 0.15) is 19.5 Å². The first-order valence-corrected chi connectivity index (χ1v) is 11.8. The average Bonchev–Trinajstić information content (AvgIpc) is 3.36. The van der Waals surface area contributed by atoms with Crippen LogP contribution >= 0.6 is 0 Å². The molecule has 10 nitrogen and oxygen atoms in total. The van der Waals surface area contributed by atoms with Gasteiger partial charge in [-0.1, -0.05) is 24.8 Å². The molecule has 2 heterocycles. The van der Waals surface area contributed by atoms with Gasteiger partial charge in [0.1, 0.15) is 22.9 Å². The number of carbonyl (C=O) groups excluding carboxylic acids is 2. The number of carbonyl (C=O) groups is 2. The van der Waals surface area contributed by atoms with Crippen LogP contribution in [0, 0.1) is 5.82 Å². The zero-order chi connectivity index (χ0) is 28.7. The number of H-pyrrole nitrogens is 1. The van der Waals surface area contributed by atoms with Gasteiger partial charge in [-0.05, 0) is 38.1 Å². The van der Waals surface area contributed by atoms with E-state index in [1.54, 1.807) is 37.4 Å². The molecule has 2 amide bonds. The Kier molecular flexibility index (Phi) is 9.10. The van der Waals surface area contributed by atoms with Gasteiger partial charge in [-0.2, -0.15) is 0 Å². The van der Waals surface area contributed by atoms with Gasteiger partial charge >= 0.3 is 0 Å². The highest BCUT2D eigenvalue weighted by Crippen LogP contribution is 2.36. The molecule has 1 unspecified atom stereocenters. The summed E-state index contributed by atoms with van der Waals surface area (Å²) in [4.78, 5) is 31.3. The molecule has 0 bridgehead atoms. The number of hydrogen-bond acceptors (Lipinski definition) is 7. The zero-order valence-corrected chi connectivity index (χ0v) is 22.1. The summed E-state index contributed by atoms with van der Waals surface area (Å²) in [6.07, 6.45) is 4.49. The van der Waals surface area contributed by atoms with Crippen molar-refractivity contribution in [2.45, 2.75) is 19.4 Å². The molecule has 39 heavy (non-hydrogen) atoms. The molecule has 3 aromatic rings. The molecule has 0 spiro atoms. The third kappa shape index (κ3) is 6.82. The first-order valence-electron chi connectivity index (χ1n) is 11.8. The molecule has 2 aromatic heterocycles. The van der Waals surface area contributed by atoms with Gasteiger partial charge in [0.2, 0.25) is 5.91 Å². The molecular weight excluding hydrogens is 507 g/mol. The third-order valence-corrected chi connectivity index (χ3v) is 5.88. The summed E-state index contributed by atoms with van der Waals surface area (Å²) in [5, 5.41) is 14.5. The number of allylic oxidation sites excluding steroid dienone is 2. The lowest BCUT2D eigenvalue weighted by Crippen LogP contribution is -2.39. The lowest BCUT2D eigenvalue weighted by molar-refractivity contribution is -0.121. The van der Waals surface area contributed by atoms with Crippen molar-refractivity contribution in [1.29, 1.82) is 0 Å². The van der Waals surface area contributed by atoms with Crippen LogP contribution in [0.15, 0.2) is 72.4 Å². The van der Waals surface area contributed by atoms with E-state index < -0.39 is 23.2 Å². The van der Waals surface area contributed by atoms with Crippen LogP contribution in [0.25, 0.3) is 22.2 Å². The summed E-state index contributed by atoms with van der Waals surface area (Å²) in [7, 11) is 2.87. The number of aliphatic hydroxyl groups is 1. The van der Waals surface area contributed by atoms with Crippen molar-refractivity contribution >= 4 is 22.7 Å². The number of nitrogens with two attached hydrogens (primary N) is 1. The van der Waals surface area contributed by atoms with Gasteiger partial charge in [-0.15, -0.1) is 0 Å². The number of methoxy groups -OCH3 is 2. The van der Waals surface area contributed by atoms with E-state index in [1.165, 1.54) is 39.4 Å². The Labute approximate surface area is 225 Å². The molecule has 0 aliphatic rings. The van der Waals surface area contributed by atoms with Crippen LogP contribution in [-0.4, -0.2) is 54.3 Å². The number of pyridine rings is 1. The largest absolute Gasteiger partial charge is 0.494 e. The molecule has 3 rings (SSSR count). The fraction of sp³-hybridized carbons (Fsp3) is 0.250. The first-order chi connectivity index (χ1) is 18.5. The topological polar surface area (TPSA) is 149 Å². The van der Waals surface area contributed by atoms with Crippen LogP contribution in [0.4, 0.5) is 4.39 Å². The molecule has 0 aliphatic heterocycles. The number of benzene rings is 1. The van der Waals surface area contributed by atoms with E-state index >= 15 is 0 Å². The van der Waals surface area contributed by atoms with Crippen molar-refractivity contribution in [3.05, 3.63) is 83.9 Å². The van der Waals surface area contributed by atoms with Gasteiger partial charge in [0, 0.05) is 22.7 Å². The van der Waals surface area contributed by atoms with Gasteiger partial charge < -0.3 is 35.4 Å². The van der Waals surface area contributed by atoms with E-state index in [1.807, 2.05) is 0 Å². The summed E-state index contributed by atoms with van der Waals surface area (Å²) < 4.78 is 30.0. The number of aromatic nitrogens is 2. The van der Waals surface area contributed by atoms with Gasteiger partial charge in [0.15, 0.2) is 18.1 Å². The molecule has 1 atom stereocenters. The average molecular weight is 539 g/mol. The van der Waals surface area contributed by atoms with E-state index in [0.29, 0.717) is 27.9 Å². The SMILES string of the molecule is C=C(OC)/C(=C\C=C(/C)C(=O)NCC(C)(O)c1ccc(OC)c(-c2c[nH]c3c(F)cccc23)n1)OCC(N)=O. The second-order valence-corrected chi connectivity index (χ2v) is 8.83. The number of amides is 2. The molecule has 206 valence electrons. The van der Waals surface area contributed by atoms with Crippen LogP contribution < -0.4 is 15.8 Å². The number of ether oxygens (including phenoxy) is 3. The highest BCUT2D eigenvalue weighted by molar-refractivity contribution is 5.96. The predicted molar refractivity (Wildman–Crippen MR) is 144 cm³/mol. The number of halogens is 1. The molecule has 1 aromatic carbocycles. The number of para-hydroxylation sites is 1. The Morgan fingerprint density at radius 3 is 2.67 bits per heavy atom. The Morgan fingerprint density at radius 1 is 1.26 bits per heavy atom. The second-order valence-electron chi connectivity index (χ2n) is 8.83. The lowest BCUT2D eigenvalue weighted by Gasteiger charge is -2.24. The quantitative estimate of drug-likeness (QED) is 0.157. The summed E-state index contributed by atoms with van der Waals surface area (Å²) >= 11 is 0. The normalized spacial score (nSPS) is 13.5. The minimum atomic E-state index is -1.57. The number of aromatic amines is 1. The third-order valence-electron chi connectivity index (χ3n) is 5.88. The number of nitrogens with one attached hydrogen (secondary N) is 2. The number of primary amides is 1. The fourth-order valence-corrected chi connectivity index (χ4v) is 3.65. The smallest absolute Gasteiger partial charge is 0.255 e. The highest BCUT2D eigenvalue weighted by Gasteiger charge is 2.28. The Balaban J connectivity index is 1.81. The standard InChI is InChI=1S/C28H31FN4O6/c1-16(9-10-21(17(2)37-4)39-14-24(30)34)27(35)32-15-28(3,36)23-12-11-22(38-5)26(33-23)19-13-31-25-18(19)7-6-8-20(25)29/h6-13,31,36H,2,14-15H2,1,3-5H3,(H2,30,34)(H,32,35)/b16-9+,21-10+. The number of nitrogens with zero attached hydrogens (tertiary/aromatic N) is 1. The van der Waals surface area contributed by atoms with Crippen molar-refractivity contribution < 1.29 is 33.3 Å². The Hall–Kier alpha value is -4.64. The minimum absolute atomic E-state index is 0.127. The number of rotatable bonds is 12. The first kappa shape index (κ1) is 28.9. The van der Waals surface area contributed by atoms with Gasteiger partial charge in [-0.25, -0.2) is 9.37 Å². The fourth-order valence-electron chi connectivity index (χ4n) is 3.65. The summed E-state index contributed by atoms with van der Waals surface area (Å²) in [5.74, 6) is -0.853. The summed E-state index contributed by atoms with van der Waals surface area (Å²) in [5.41, 5.74) is 5.41. The molecule has 0 fully saturated rings. The maximum absolute atomic E-state index is 14.2. The lowest BCUT2D eigenvalue weighted by atomic mass is 9.99. The van der Waals surface area contributed by atoms with Crippen LogP contribution in [0.5, 0.6) is 5.75 Å². The summed E-state index contributed by atoms with van der Waals surface area (Å²) in [6, 6.07) is 7.95. The van der Waals surface area contributed by atoms with Crippen molar-refractivity contribution in [3.8, 4) is 17.0 Å². The van der Waals surface area contributed by atoms with E-state index in [2.05, 4.69) is 21.9 Å². The van der Waals surface area contributed by atoms with E-state index in [0.717, 1.165) is 0 Å². The minimum Gasteiger partial charge on any atom is -0.494 e. The monoisotopic (exact) mass is 538 g/mol. The molecule has 11 heteroatoms. The predicted octanol–water partition coefficient (Wildman–Crippen LogP) is 3.19. The Bertz CT molecular complexity index is 1460. The molecular formula is C28H31FN4O6.